The molecule has 0 saturated heterocycles. The molecule has 0 amide bonds. The van der Waals surface area contributed by atoms with Gasteiger partial charge in [0, 0.05) is 5.56 Å². The molecule has 0 radical (unpaired) electrons. The molecule has 166 valence electrons. The normalized spacial score (nSPS) is 13.5. The van der Waals surface area contributed by atoms with E-state index in [1.54, 1.807) is 0 Å². The average molecular weight is 436 g/mol. The van der Waals surface area contributed by atoms with Crippen molar-refractivity contribution in [3.63, 3.8) is 0 Å². The minimum absolute atomic E-state index is 0.243. The van der Waals surface area contributed by atoms with E-state index in [0.29, 0.717) is 5.75 Å². The van der Waals surface area contributed by atoms with Crippen molar-refractivity contribution in [2.75, 3.05) is 0 Å². The summed E-state index contributed by atoms with van der Waals surface area (Å²) in [5.41, 5.74) is 5.97. The van der Waals surface area contributed by atoms with Gasteiger partial charge in [-0.25, -0.2) is 4.98 Å². The van der Waals surface area contributed by atoms with Gasteiger partial charge in [0.25, 0.3) is 0 Å². The molecular weight excluding hydrogens is 406 g/mol. The Morgan fingerprint density at radius 2 is 1.61 bits per heavy atom. The summed E-state index contributed by atoms with van der Waals surface area (Å²) in [6.45, 7) is 5.64. The minimum Gasteiger partial charge on any atom is -0.425 e. The Hall–Kier alpha value is -3.46. The van der Waals surface area contributed by atoms with Gasteiger partial charge in [-0.1, -0.05) is 60.7 Å². The van der Waals surface area contributed by atoms with Crippen LogP contribution in [0.15, 0.2) is 72.8 Å². The SMILES string of the molecule is CC(C)(C)C(=O)Oc1ccc2ccccc2c1-c1nc(-c2ccccc2)cc2c1CCCC2. The van der Waals surface area contributed by atoms with Crippen LogP contribution >= 0.6 is 0 Å². The van der Waals surface area contributed by atoms with Crippen molar-refractivity contribution in [2.24, 2.45) is 5.41 Å². The fourth-order valence-corrected chi connectivity index (χ4v) is 4.54. The number of hydrogen-bond acceptors (Lipinski definition) is 3. The number of benzene rings is 3. The summed E-state index contributed by atoms with van der Waals surface area (Å²) in [6.07, 6.45) is 4.37. The Balaban J connectivity index is 1.79. The lowest BCUT2D eigenvalue weighted by Crippen LogP contribution is -2.25. The molecule has 0 atom stereocenters. The van der Waals surface area contributed by atoms with Gasteiger partial charge >= 0.3 is 5.97 Å². The number of aryl methyl sites for hydroxylation is 1. The van der Waals surface area contributed by atoms with E-state index in [9.17, 15) is 4.79 Å². The number of esters is 1. The Kier molecular flexibility index (Phi) is 5.49. The number of carbonyl (C=O) groups excluding carboxylic acids is 1. The van der Waals surface area contributed by atoms with Crippen LogP contribution in [0.4, 0.5) is 0 Å². The summed E-state index contributed by atoms with van der Waals surface area (Å²) < 4.78 is 6.03. The molecule has 1 aromatic heterocycles. The number of hydrogen-bond donors (Lipinski definition) is 0. The maximum absolute atomic E-state index is 12.9. The van der Waals surface area contributed by atoms with Gasteiger partial charge in [0.1, 0.15) is 5.75 Å². The van der Waals surface area contributed by atoms with E-state index in [1.807, 2.05) is 63.2 Å². The third kappa shape index (κ3) is 4.16. The molecule has 0 fully saturated rings. The molecule has 3 heteroatoms. The Morgan fingerprint density at radius 3 is 2.39 bits per heavy atom. The summed E-state index contributed by atoms with van der Waals surface area (Å²) in [5.74, 6) is 0.339. The molecule has 0 aliphatic heterocycles. The lowest BCUT2D eigenvalue weighted by Gasteiger charge is -2.23. The predicted molar refractivity (Wildman–Crippen MR) is 134 cm³/mol. The van der Waals surface area contributed by atoms with Crippen molar-refractivity contribution in [3.05, 3.63) is 83.9 Å². The number of carbonyl (C=O) groups is 1. The topological polar surface area (TPSA) is 39.2 Å². The first-order valence-electron chi connectivity index (χ1n) is 11.7. The van der Waals surface area contributed by atoms with Crippen molar-refractivity contribution < 1.29 is 9.53 Å². The molecule has 0 saturated carbocycles. The molecule has 33 heavy (non-hydrogen) atoms. The Bertz CT molecular complexity index is 1330. The zero-order valence-electron chi connectivity index (χ0n) is 19.5. The molecule has 5 rings (SSSR count). The number of ether oxygens (including phenoxy) is 1. The van der Waals surface area contributed by atoms with Crippen LogP contribution in [0.1, 0.15) is 44.7 Å². The fourth-order valence-electron chi connectivity index (χ4n) is 4.54. The van der Waals surface area contributed by atoms with Crippen LogP contribution in [0.3, 0.4) is 0 Å². The molecule has 0 bridgehead atoms. The number of pyridine rings is 1. The summed E-state index contributed by atoms with van der Waals surface area (Å²) in [5, 5.41) is 2.17. The van der Waals surface area contributed by atoms with Crippen LogP contribution in [-0.2, 0) is 17.6 Å². The highest BCUT2D eigenvalue weighted by atomic mass is 16.5. The summed E-state index contributed by atoms with van der Waals surface area (Å²) in [7, 11) is 0. The molecule has 1 heterocycles. The van der Waals surface area contributed by atoms with Crippen LogP contribution in [-0.4, -0.2) is 11.0 Å². The molecule has 3 nitrogen and oxygen atoms in total. The van der Waals surface area contributed by atoms with Gasteiger partial charge in [0.05, 0.1) is 22.4 Å². The van der Waals surface area contributed by atoms with Crippen LogP contribution < -0.4 is 4.74 Å². The minimum atomic E-state index is -0.596. The molecular formula is C30H29NO2. The summed E-state index contributed by atoms with van der Waals surface area (Å²) in [4.78, 5) is 18.1. The highest BCUT2D eigenvalue weighted by Crippen LogP contribution is 2.42. The Labute approximate surface area is 195 Å². The number of nitrogens with zero attached hydrogens (tertiary/aromatic N) is 1. The van der Waals surface area contributed by atoms with Crippen molar-refractivity contribution >= 4 is 16.7 Å². The second-order valence-corrected chi connectivity index (χ2v) is 9.87. The van der Waals surface area contributed by atoms with Crippen molar-refractivity contribution in [1.82, 2.24) is 4.98 Å². The van der Waals surface area contributed by atoms with Gasteiger partial charge in [-0.15, -0.1) is 0 Å². The standard InChI is InChI=1S/C30H29NO2/c1-30(2,3)29(32)33-26-18-17-20-11-7-9-15-23(20)27(26)28-24-16-10-8-14-22(24)19-25(31-28)21-12-5-4-6-13-21/h4-7,9,11-13,15,17-19H,8,10,14,16H2,1-3H3. The molecule has 0 spiro atoms. The zero-order valence-corrected chi connectivity index (χ0v) is 19.5. The maximum Gasteiger partial charge on any atom is 0.316 e. The highest BCUT2D eigenvalue weighted by molar-refractivity contribution is 6.01. The van der Waals surface area contributed by atoms with Crippen LogP contribution in [0.25, 0.3) is 33.3 Å². The van der Waals surface area contributed by atoms with E-state index in [-0.39, 0.29) is 5.97 Å². The molecule has 0 unspecified atom stereocenters. The third-order valence-corrected chi connectivity index (χ3v) is 6.35. The van der Waals surface area contributed by atoms with Crippen LogP contribution in [0.5, 0.6) is 5.75 Å². The Morgan fingerprint density at radius 1 is 0.879 bits per heavy atom. The lowest BCUT2D eigenvalue weighted by atomic mass is 9.86. The zero-order chi connectivity index (χ0) is 23.0. The monoisotopic (exact) mass is 435 g/mol. The molecule has 1 aliphatic rings. The largest absolute Gasteiger partial charge is 0.425 e. The first kappa shape index (κ1) is 21.4. The van der Waals surface area contributed by atoms with Crippen molar-refractivity contribution in [2.45, 2.75) is 46.5 Å². The van der Waals surface area contributed by atoms with E-state index in [2.05, 4.69) is 30.3 Å². The van der Waals surface area contributed by atoms with Crippen molar-refractivity contribution in [3.8, 4) is 28.3 Å². The van der Waals surface area contributed by atoms with Gasteiger partial charge < -0.3 is 4.74 Å². The highest BCUT2D eigenvalue weighted by Gasteiger charge is 2.27. The van der Waals surface area contributed by atoms with E-state index in [1.165, 1.54) is 17.5 Å². The fraction of sp³-hybridized carbons (Fsp3) is 0.267. The van der Waals surface area contributed by atoms with E-state index in [0.717, 1.165) is 52.5 Å². The maximum atomic E-state index is 12.9. The average Bonchev–Trinajstić information content (AvgIpc) is 2.83. The quantitative estimate of drug-likeness (QED) is 0.249. The third-order valence-electron chi connectivity index (χ3n) is 6.35. The van der Waals surface area contributed by atoms with E-state index in [4.69, 9.17) is 9.72 Å². The summed E-state index contributed by atoms with van der Waals surface area (Å²) in [6, 6.07) is 24.8. The molecule has 4 aromatic rings. The van der Waals surface area contributed by atoms with Gasteiger partial charge in [-0.05, 0) is 80.5 Å². The van der Waals surface area contributed by atoms with Crippen LogP contribution in [0, 0.1) is 5.41 Å². The van der Waals surface area contributed by atoms with E-state index >= 15 is 0 Å². The number of rotatable bonds is 3. The van der Waals surface area contributed by atoms with Crippen LogP contribution in [0.2, 0.25) is 0 Å². The first-order valence-corrected chi connectivity index (χ1v) is 11.7. The van der Waals surface area contributed by atoms with E-state index < -0.39 is 5.41 Å². The second-order valence-electron chi connectivity index (χ2n) is 9.87. The first-order chi connectivity index (χ1) is 15.9. The van der Waals surface area contributed by atoms with Gasteiger partial charge in [0.2, 0.25) is 0 Å². The predicted octanol–water partition coefficient (Wildman–Crippen LogP) is 7.40. The molecule has 0 N–H and O–H groups in total. The van der Waals surface area contributed by atoms with Gasteiger partial charge in [0.15, 0.2) is 0 Å². The molecule has 1 aliphatic carbocycles. The molecule has 3 aromatic carbocycles. The summed E-state index contributed by atoms with van der Waals surface area (Å²) >= 11 is 0. The van der Waals surface area contributed by atoms with Crippen molar-refractivity contribution in [1.29, 1.82) is 0 Å². The smallest absolute Gasteiger partial charge is 0.316 e. The second kappa shape index (κ2) is 8.47. The van der Waals surface area contributed by atoms with Gasteiger partial charge in [-0.2, -0.15) is 0 Å². The number of aromatic nitrogens is 1. The van der Waals surface area contributed by atoms with Gasteiger partial charge in [-0.3, -0.25) is 4.79 Å². The lowest BCUT2D eigenvalue weighted by molar-refractivity contribution is -0.142. The number of fused-ring (bicyclic) bond motifs is 2.